The quantitative estimate of drug-likeness (QED) is 0.940. The third-order valence-electron chi connectivity index (χ3n) is 4.20. The van der Waals surface area contributed by atoms with Crippen molar-refractivity contribution in [1.82, 2.24) is 4.98 Å². The van der Waals surface area contributed by atoms with Crippen molar-refractivity contribution < 1.29 is 0 Å². The number of anilines is 1. The van der Waals surface area contributed by atoms with Gasteiger partial charge >= 0.3 is 0 Å². The molecule has 1 aromatic carbocycles. The normalized spacial score (nSPS) is 14.7. The highest BCUT2D eigenvalue weighted by molar-refractivity contribution is 5.45. The number of hydrogen-bond acceptors (Lipinski definition) is 3. The Hall–Kier alpha value is -1.87. The molecule has 21 heavy (non-hydrogen) atoms. The molecule has 3 nitrogen and oxygen atoms in total. The Labute approximate surface area is 126 Å². The van der Waals surface area contributed by atoms with Crippen LogP contribution in [0.25, 0.3) is 0 Å². The number of aromatic nitrogens is 1. The lowest BCUT2D eigenvalue weighted by atomic mass is 10.0. The van der Waals surface area contributed by atoms with Gasteiger partial charge in [-0.2, -0.15) is 0 Å². The molecule has 2 N–H and O–H groups in total. The molecular formula is C18H23N3. The number of hydrogen-bond donors (Lipinski definition) is 1. The topological polar surface area (TPSA) is 42.1 Å². The van der Waals surface area contributed by atoms with Crippen molar-refractivity contribution in [3.63, 3.8) is 0 Å². The van der Waals surface area contributed by atoms with Gasteiger partial charge in [-0.25, -0.2) is 4.98 Å². The predicted octanol–water partition coefficient (Wildman–Crippen LogP) is 3.06. The lowest BCUT2D eigenvalue weighted by Gasteiger charge is -2.23. The summed E-state index contributed by atoms with van der Waals surface area (Å²) in [5, 5.41) is 0. The summed E-state index contributed by atoms with van der Waals surface area (Å²) in [6.45, 7) is 4.72. The molecule has 1 aliphatic rings. The zero-order chi connectivity index (χ0) is 14.7. The summed E-state index contributed by atoms with van der Waals surface area (Å²) < 4.78 is 0. The molecule has 0 bridgehead atoms. The van der Waals surface area contributed by atoms with Crippen LogP contribution in [-0.4, -0.2) is 11.5 Å². The second-order valence-electron chi connectivity index (χ2n) is 5.68. The number of nitrogens with zero attached hydrogens (tertiary/aromatic N) is 2. The van der Waals surface area contributed by atoms with E-state index in [0.717, 1.165) is 37.4 Å². The van der Waals surface area contributed by atoms with Gasteiger partial charge in [0.2, 0.25) is 0 Å². The first-order chi connectivity index (χ1) is 10.3. The minimum Gasteiger partial charge on any atom is -0.352 e. The molecule has 3 rings (SSSR count). The third-order valence-corrected chi connectivity index (χ3v) is 4.20. The molecule has 0 amide bonds. The van der Waals surface area contributed by atoms with Crippen LogP contribution in [-0.2, 0) is 25.9 Å². The maximum atomic E-state index is 5.83. The van der Waals surface area contributed by atoms with E-state index in [0.29, 0.717) is 6.54 Å². The van der Waals surface area contributed by atoms with Crippen molar-refractivity contribution in [2.24, 2.45) is 5.73 Å². The summed E-state index contributed by atoms with van der Waals surface area (Å²) in [5.74, 6) is 1.08. The van der Waals surface area contributed by atoms with Crippen LogP contribution in [0.5, 0.6) is 0 Å². The van der Waals surface area contributed by atoms with E-state index < -0.39 is 0 Å². The Morgan fingerprint density at radius 3 is 2.76 bits per heavy atom. The summed E-state index contributed by atoms with van der Waals surface area (Å²) in [4.78, 5) is 7.20. The molecule has 0 saturated carbocycles. The fourth-order valence-corrected chi connectivity index (χ4v) is 2.99. The minimum absolute atomic E-state index is 0.576. The van der Waals surface area contributed by atoms with Gasteiger partial charge in [0.1, 0.15) is 5.82 Å². The van der Waals surface area contributed by atoms with Crippen molar-refractivity contribution in [2.45, 2.75) is 39.3 Å². The first-order valence-corrected chi connectivity index (χ1v) is 7.81. The number of nitrogens with two attached hydrogens (primary N) is 1. The van der Waals surface area contributed by atoms with Gasteiger partial charge in [-0.05, 0) is 48.1 Å². The Balaban J connectivity index is 1.93. The Bertz CT molecular complexity index is 599. The van der Waals surface area contributed by atoms with Gasteiger partial charge in [0.05, 0.1) is 0 Å². The maximum Gasteiger partial charge on any atom is 0.129 e. The van der Waals surface area contributed by atoms with E-state index in [4.69, 9.17) is 10.7 Å². The molecule has 0 unspecified atom stereocenters. The van der Waals surface area contributed by atoms with Gasteiger partial charge in [0, 0.05) is 25.3 Å². The van der Waals surface area contributed by atoms with E-state index in [2.05, 4.69) is 48.2 Å². The standard InChI is InChI=1S/C18H23N3/c1-2-17-10-14(12-19)11-18(20-17)21-9-5-8-15-6-3-4-7-16(15)13-21/h3-4,6-7,10-11H,2,5,8-9,12-13,19H2,1H3. The molecule has 0 spiro atoms. The lowest BCUT2D eigenvalue weighted by molar-refractivity contribution is 0.749. The van der Waals surface area contributed by atoms with Crippen molar-refractivity contribution in [2.75, 3.05) is 11.4 Å². The number of benzene rings is 1. The Morgan fingerprint density at radius 2 is 2.00 bits per heavy atom. The van der Waals surface area contributed by atoms with Crippen LogP contribution >= 0.6 is 0 Å². The molecule has 110 valence electrons. The van der Waals surface area contributed by atoms with E-state index in [9.17, 15) is 0 Å². The summed E-state index contributed by atoms with van der Waals surface area (Å²) in [7, 11) is 0. The summed E-state index contributed by atoms with van der Waals surface area (Å²) in [6.07, 6.45) is 3.28. The van der Waals surface area contributed by atoms with E-state index in [1.54, 1.807) is 0 Å². The lowest BCUT2D eigenvalue weighted by Crippen LogP contribution is -2.24. The average molecular weight is 281 g/mol. The van der Waals surface area contributed by atoms with Crippen LogP contribution < -0.4 is 10.6 Å². The Kier molecular flexibility index (Phi) is 4.20. The molecule has 0 fully saturated rings. The Morgan fingerprint density at radius 1 is 1.19 bits per heavy atom. The molecule has 0 saturated heterocycles. The summed E-state index contributed by atoms with van der Waals surface area (Å²) >= 11 is 0. The molecular weight excluding hydrogens is 258 g/mol. The fraction of sp³-hybridized carbons (Fsp3) is 0.389. The monoisotopic (exact) mass is 281 g/mol. The smallest absolute Gasteiger partial charge is 0.129 e. The van der Waals surface area contributed by atoms with Crippen molar-refractivity contribution >= 4 is 5.82 Å². The van der Waals surface area contributed by atoms with Crippen LogP contribution in [0.15, 0.2) is 36.4 Å². The molecule has 1 aromatic heterocycles. The van der Waals surface area contributed by atoms with Gasteiger partial charge < -0.3 is 10.6 Å². The van der Waals surface area contributed by atoms with Crippen molar-refractivity contribution in [1.29, 1.82) is 0 Å². The second-order valence-corrected chi connectivity index (χ2v) is 5.68. The van der Waals surface area contributed by atoms with Crippen LogP contribution in [0.2, 0.25) is 0 Å². The minimum atomic E-state index is 0.576. The van der Waals surface area contributed by atoms with Crippen molar-refractivity contribution in [3.05, 3.63) is 58.8 Å². The van der Waals surface area contributed by atoms with E-state index >= 15 is 0 Å². The van der Waals surface area contributed by atoms with E-state index in [1.165, 1.54) is 23.1 Å². The first kappa shape index (κ1) is 14.1. The van der Waals surface area contributed by atoms with E-state index in [-0.39, 0.29) is 0 Å². The van der Waals surface area contributed by atoms with Crippen LogP contribution in [0.4, 0.5) is 5.82 Å². The molecule has 2 aromatic rings. The zero-order valence-electron chi connectivity index (χ0n) is 12.7. The van der Waals surface area contributed by atoms with Gasteiger partial charge in [0.25, 0.3) is 0 Å². The second kappa shape index (κ2) is 6.27. The molecule has 0 aliphatic carbocycles. The summed E-state index contributed by atoms with van der Waals surface area (Å²) in [6, 6.07) is 13.0. The third kappa shape index (κ3) is 3.08. The van der Waals surface area contributed by atoms with Crippen LogP contribution in [0.1, 0.15) is 35.7 Å². The highest BCUT2D eigenvalue weighted by atomic mass is 15.2. The molecule has 0 atom stereocenters. The number of aryl methyl sites for hydroxylation is 2. The highest BCUT2D eigenvalue weighted by Crippen LogP contribution is 2.24. The fourth-order valence-electron chi connectivity index (χ4n) is 2.99. The van der Waals surface area contributed by atoms with Gasteiger partial charge in [0.15, 0.2) is 0 Å². The largest absolute Gasteiger partial charge is 0.352 e. The average Bonchev–Trinajstić information content (AvgIpc) is 2.76. The predicted molar refractivity (Wildman–Crippen MR) is 87.3 cm³/mol. The number of pyridine rings is 1. The van der Waals surface area contributed by atoms with Crippen LogP contribution in [0.3, 0.4) is 0 Å². The van der Waals surface area contributed by atoms with Gasteiger partial charge in [-0.3, -0.25) is 0 Å². The van der Waals surface area contributed by atoms with Gasteiger partial charge in [-0.1, -0.05) is 31.2 Å². The number of fused-ring (bicyclic) bond motifs is 1. The molecule has 1 aliphatic heterocycles. The van der Waals surface area contributed by atoms with E-state index in [1.807, 2.05) is 0 Å². The number of rotatable bonds is 3. The first-order valence-electron chi connectivity index (χ1n) is 7.81. The SMILES string of the molecule is CCc1cc(CN)cc(N2CCCc3ccccc3C2)n1. The van der Waals surface area contributed by atoms with Crippen LogP contribution in [0, 0.1) is 0 Å². The molecule has 3 heteroatoms. The summed E-state index contributed by atoms with van der Waals surface area (Å²) in [5.41, 5.74) is 11.0. The highest BCUT2D eigenvalue weighted by Gasteiger charge is 2.16. The molecule has 0 radical (unpaired) electrons. The molecule has 2 heterocycles. The van der Waals surface area contributed by atoms with Gasteiger partial charge in [-0.15, -0.1) is 0 Å². The zero-order valence-corrected chi connectivity index (χ0v) is 12.7. The maximum absolute atomic E-state index is 5.83. The van der Waals surface area contributed by atoms with Crippen molar-refractivity contribution in [3.8, 4) is 0 Å².